The summed E-state index contributed by atoms with van der Waals surface area (Å²) in [7, 11) is 0. The zero-order valence-electron chi connectivity index (χ0n) is 17.1. The molecule has 1 aliphatic heterocycles. The minimum absolute atomic E-state index is 0.110. The molecule has 30 heavy (non-hydrogen) atoms. The molecule has 3 rings (SSSR count). The lowest BCUT2D eigenvalue weighted by Gasteiger charge is -2.35. The van der Waals surface area contributed by atoms with Crippen LogP contribution in [0.25, 0.3) is 0 Å². The van der Waals surface area contributed by atoms with Crippen LogP contribution in [0.15, 0.2) is 30.5 Å². The Morgan fingerprint density at radius 2 is 1.87 bits per heavy atom. The minimum atomic E-state index is -0.649. The standard InChI is InChI=1S/C20H27N7O3/c1-13(28)11-22-19-17(18(21)30)12-23-20(25-19)24-15-3-5-16(6-4-15)27-9-7-26(8-10-27)14(2)29/h3-6,12-13,28H,7-11H2,1-2H3,(H2,21,30)(H2,22,23,24,25)/t13-/m0/s1. The van der Waals surface area contributed by atoms with Gasteiger partial charge in [0.05, 0.1) is 11.7 Å². The topological polar surface area (TPSA) is 137 Å². The molecule has 0 bridgehead atoms. The van der Waals surface area contributed by atoms with Crippen molar-refractivity contribution < 1.29 is 14.7 Å². The second-order valence-corrected chi connectivity index (χ2v) is 7.22. The van der Waals surface area contributed by atoms with Crippen LogP contribution in [0.3, 0.4) is 0 Å². The van der Waals surface area contributed by atoms with Crippen LogP contribution in [-0.4, -0.2) is 70.6 Å². The number of amides is 2. The summed E-state index contributed by atoms with van der Waals surface area (Å²) in [5.74, 6) is 0.0273. The number of hydrogen-bond donors (Lipinski definition) is 4. The summed E-state index contributed by atoms with van der Waals surface area (Å²) in [6.07, 6.45) is 0.743. The van der Waals surface area contributed by atoms with Gasteiger partial charge in [0.25, 0.3) is 5.91 Å². The Labute approximate surface area is 175 Å². The Bertz CT molecular complexity index is 894. The number of aromatic nitrogens is 2. The van der Waals surface area contributed by atoms with Gasteiger partial charge in [0.2, 0.25) is 11.9 Å². The molecule has 0 aliphatic carbocycles. The van der Waals surface area contributed by atoms with Crippen LogP contribution < -0.4 is 21.3 Å². The van der Waals surface area contributed by atoms with E-state index in [0.29, 0.717) is 5.95 Å². The lowest BCUT2D eigenvalue weighted by Crippen LogP contribution is -2.48. The summed E-state index contributed by atoms with van der Waals surface area (Å²) in [6.45, 7) is 6.47. The van der Waals surface area contributed by atoms with Crippen LogP contribution >= 0.6 is 0 Å². The van der Waals surface area contributed by atoms with Crippen molar-refractivity contribution in [1.29, 1.82) is 0 Å². The van der Waals surface area contributed by atoms with Crippen LogP contribution in [0.2, 0.25) is 0 Å². The van der Waals surface area contributed by atoms with E-state index in [0.717, 1.165) is 37.6 Å². The van der Waals surface area contributed by atoms with Gasteiger partial charge in [-0.3, -0.25) is 9.59 Å². The number of anilines is 4. The van der Waals surface area contributed by atoms with E-state index in [9.17, 15) is 14.7 Å². The largest absolute Gasteiger partial charge is 0.392 e. The first-order valence-electron chi connectivity index (χ1n) is 9.80. The van der Waals surface area contributed by atoms with E-state index in [4.69, 9.17) is 5.73 Å². The molecule has 1 atom stereocenters. The number of nitrogens with two attached hydrogens (primary N) is 1. The van der Waals surface area contributed by atoms with Gasteiger partial charge in [-0.2, -0.15) is 4.98 Å². The fourth-order valence-electron chi connectivity index (χ4n) is 3.17. The highest BCUT2D eigenvalue weighted by molar-refractivity contribution is 5.97. The van der Waals surface area contributed by atoms with E-state index < -0.39 is 12.0 Å². The number of benzene rings is 1. The van der Waals surface area contributed by atoms with Gasteiger partial charge >= 0.3 is 0 Å². The lowest BCUT2D eigenvalue weighted by molar-refractivity contribution is -0.129. The number of nitrogens with one attached hydrogen (secondary N) is 2. The van der Waals surface area contributed by atoms with Gasteiger partial charge in [-0.1, -0.05) is 0 Å². The molecular formula is C20H27N7O3. The maximum atomic E-state index is 11.6. The van der Waals surface area contributed by atoms with Gasteiger partial charge in [0, 0.05) is 57.2 Å². The van der Waals surface area contributed by atoms with Crippen molar-refractivity contribution in [1.82, 2.24) is 14.9 Å². The summed E-state index contributed by atoms with van der Waals surface area (Å²) in [6, 6.07) is 7.83. The van der Waals surface area contributed by atoms with Crippen molar-refractivity contribution >= 4 is 35.0 Å². The number of carbonyl (C=O) groups excluding carboxylic acids is 2. The highest BCUT2D eigenvalue weighted by Crippen LogP contribution is 2.22. The molecule has 5 N–H and O–H groups in total. The maximum absolute atomic E-state index is 11.6. The normalized spacial score (nSPS) is 14.9. The number of hydrogen-bond acceptors (Lipinski definition) is 8. The number of nitrogens with zero attached hydrogens (tertiary/aromatic N) is 4. The van der Waals surface area contributed by atoms with Crippen molar-refractivity contribution in [3.05, 3.63) is 36.0 Å². The van der Waals surface area contributed by atoms with Crippen LogP contribution in [-0.2, 0) is 4.79 Å². The van der Waals surface area contributed by atoms with Crippen molar-refractivity contribution in [3.63, 3.8) is 0 Å². The highest BCUT2D eigenvalue weighted by atomic mass is 16.3. The Morgan fingerprint density at radius 1 is 1.20 bits per heavy atom. The molecule has 0 unspecified atom stereocenters. The van der Waals surface area contributed by atoms with Gasteiger partial charge < -0.3 is 31.3 Å². The van der Waals surface area contributed by atoms with Crippen LogP contribution in [0.1, 0.15) is 24.2 Å². The van der Waals surface area contributed by atoms with Crippen molar-refractivity contribution in [3.8, 4) is 0 Å². The molecule has 0 saturated carbocycles. The predicted octanol–water partition coefficient (Wildman–Crippen LogP) is 0.780. The number of aliphatic hydroxyl groups is 1. The van der Waals surface area contributed by atoms with E-state index in [1.165, 1.54) is 6.20 Å². The molecular weight excluding hydrogens is 386 g/mol. The molecule has 1 saturated heterocycles. The number of rotatable bonds is 7. The zero-order chi connectivity index (χ0) is 21.7. The van der Waals surface area contributed by atoms with Gasteiger partial charge in [0.1, 0.15) is 5.82 Å². The van der Waals surface area contributed by atoms with Gasteiger partial charge in [-0.25, -0.2) is 4.98 Å². The van der Waals surface area contributed by atoms with Crippen LogP contribution in [0.4, 0.5) is 23.1 Å². The van der Waals surface area contributed by atoms with Crippen LogP contribution in [0.5, 0.6) is 0 Å². The molecule has 1 aromatic heterocycles. The number of primary amides is 1. The monoisotopic (exact) mass is 413 g/mol. The molecule has 160 valence electrons. The molecule has 10 heteroatoms. The Hall–Kier alpha value is -3.40. The number of carbonyl (C=O) groups is 2. The Balaban J connectivity index is 1.67. The van der Waals surface area contributed by atoms with E-state index in [2.05, 4.69) is 25.5 Å². The molecule has 1 aliphatic rings. The molecule has 1 aromatic carbocycles. The van der Waals surface area contributed by atoms with E-state index >= 15 is 0 Å². The van der Waals surface area contributed by atoms with Crippen molar-refractivity contribution in [2.24, 2.45) is 5.73 Å². The zero-order valence-corrected chi connectivity index (χ0v) is 17.1. The highest BCUT2D eigenvalue weighted by Gasteiger charge is 2.19. The van der Waals surface area contributed by atoms with Gasteiger partial charge in [0.15, 0.2) is 0 Å². The van der Waals surface area contributed by atoms with Crippen LogP contribution in [0, 0.1) is 0 Å². The Kier molecular flexibility index (Phi) is 6.68. The molecule has 0 spiro atoms. The predicted molar refractivity (Wildman–Crippen MR) is 115 cm³/mol. The fraction of sp³-hybridized carbons (Fsp3) is 0.400. The second-order valence-electron chi connectivity index (χ2n) is 7.22. The van der Waals surface area contributed by atoms with E-state index in [-0.39, 0.29) is 23.8 Å². The third kappa shape index (κ3) is 5.35. The first kappa shape index (κ1) is 21.3. The third-order valence-electron chi connectivity index (χ3n) is 4.83. The lowest BCUT2D eigenvalue weighted by atomic mass is 10.2. The molecule has 10 nitrogen and oxygen atoms in total. The average molecular weight is 413 g/mol. The summed E-state index contributed by atoms with van der Waals surface area (Å²) in [5, 5.41) is 15.5. The first-order valence-corrected chi connectivity index (χ1v) is 9.80. The quantitative estimate of drug-likeness (QED) is 0.523. The minimum Gasteiger partial charge on any atom is -0.392 e. The smallest absolute Gasteiger partial charge is 0.254 e. The summed E-state index contributed by atoms with van der Waals surface area (Å²) >= 11 is 0. The molecule has 0 radical (unpaired) electrons. The van der Waals surface area contributed by atoms with Gasteiger partial charge in [-0.05, 0) is 31.2 Å². The fourth-order valence-corrected chi connectivity index (χ4v) is 3.17. The number of aliphatic hydroxyl groups excluding tert-OH is 1. The SMILES string of the molecule is CC(=O)N1CCN(c2ccc(Nc3ncc(C(N)=O)c(NC[C@H](C)O)n3)cc2)CC1. The third-order valence-corrected chi connectivity index (χ3v) is 4.83. The van der Waals surface area contributed by atoms with Gasteiger partial charge in [-0.15, -0.1) is 0 Å². The average Bonchev–Trinajstić information content (AvgIpc) is 2.73. The maximum Gasteiger partial charge on any atom is 0.254 e. The molecule has 2 amide bonds. The van der Waals surface area contributed by atoms with E-state index in [1.807, 2.05) is 29.2 Å². The molecule has 1 fully saturated rings. The van der Waals surface area contributed by atoms with E-state index in [1.54, 1.807) is 13.8 Å². The first-order chi connectivity index (χ1) is 14.3. The molecule has 2 heterocycles. The number of piperazine rings is 1. The van der Waals surface area contributed by atoms with Crippen molar-refractivity contribution in [2.45, 2.75) is 20.0 Å². The Morgan fingerprint density at radius 3 is 2.43 bits per heavy atom. The summed E-state index contributed by atoms with van der Waals surface area (Å²) in [4.78, 5) is 35.6. The van der Waals surface area contributed by atoms with Crippen molar-refractivity contribution in [2.75, 3.05) is 48.3 Å². The molecule has 2 aromatic rings. The second kappa shape index (κ2) is 9.40. The summed E-state index contributed by atoms with van der Waals surface area (Å²) in [5.41, 5.74) is 7.39. The summed E-state index contributed by atoms with van der Waals surface area (Å²) < 4.78 is 0.